The zero-order valence-electron chi connectivity index (χ0n) is 14.8. The van der Waals surface area contributed by atoms with E-state index >= 15 is 0 Å². The summed E-state index contributed by atoms with van der Waals surface area (Å²) in [6.45, 7) is 1.40. The Morgan fingerprint density at radius 1 is 1.15 bits per heavy atom. The van der Waals surface area contributed by atoms with Gasteiger partial charge in [-0.05, 0) is 42.0 Å². The lowest BCUT2D eigenvalue weighted by molar-refractivity contribution is 0.0933. The minimum atomic E-state index is -0.197. The molecule has 0 bridgehead atoms. The van der Waals surface area contributed by atoms with Crippen LogP contribution in [-0.4, -0.2) is 31.2 Å². The zero-order chi connectivity index (χ0) is 19.1. The predicted molar refractivity (Wildman–Crippen MR) is 108 cm³/mol. The van der Waals surface area contributed by atoms with Gasteiger partial charge >= 0.3 is 0 Å². The highest BCUT2D eigenvalue weighted by molar-refractivity contribution is 7.13. The van der Waals surface area contributed by atoms with Crippen LogP contribution in [0.4, 0.5) is 0 Å². The van der Waals surface area contributed by atoms with Crippen molar-refractivity contribution in [2.45, 2.75) is 6.61 Å². The number of ether oxygens (including phenoxy) is 2. The number of aromatic nitrogens is 1. The van der Waals surface area contributed by atoms with Crippen LogP contribution in [0.5, 0.6) is 5.75 Å². The lowest BCUT2D eigenvalue weighted by atomic mass is 10.2. The molecule has 0 unspecified atom stereocenters. The smallest absolute Gasteiger partial charge is 0.270 e. The summed E-state index contributed by atoms with van der Waals surface area (Å²) in [6, 6.07) is 15.2. The Labute approximate surface area is 166 Å². The quantitative estimate of drug-likeness (QED) is 0.566. The molecule has 1 heterocycles. The van der Waals surface area contributed by atoms with Crippen molar-refractivity contribution in [3.05, 3.63) is 70.2 Å². The van der Waals surface area contributed by atoms with Gasteiger partial charge in [0.05, 0.1) is 6.61 Å². The van der Waals surface area contributed by atoms with E-state index in [9.17, 15) is 4.79 Å². The number of benzene rings is 2. The second kappa shape index (κ2) is 9.50. The van der Waals surface area contributed by atoms with Crippen LogP contribution in [0.3, 0.4) is 0 Å². The van der Waals surface area contributed by atoms with Crippen molar-refractivity contribution in [3.63, 3.8) is 0 Å². The normalized spacial score (nSPS) is 10.6. The molecule has 3 aromatic rings. The van der Waals surface area contributed by atoms with Gasteiger partial charge in [-0.1, -0.05) is 23.7 Å². The molecule has 0 saturated carbocycles. The van der Waals surface area contributed by atoms with Crippen molar-refractivity contribution in [2.24, 2.45) is 0 Å². The molecule has 0 saturated heterocycles. The number of amides is 1. The summed E-state index contributed by atoms with van der Waals surface area (Å²) in [6.07, 6.45) is 0. The lowest BCUT2D eigenvalue weighted by Crippen LogP contribution is -2.27. The van der Waals surface area contributed by atoms with Crippen LogP contribution in [0.25, 0.3) is 10.6 Å². The topological polar surface area (TPSA) is 60.5 Å². The SMILES string of the molecule is COCCNC(=O)c1csc(-c2ccc(OCc3ccc(Cl)cc3)cc2)n1. The minimum Gasteiger partial charge on any atom is -0.489 e. The zero-order valence-corrected chi connectivity index (χ0v) is 16.3. The molecule has 0 aliphatic heterocycles. The summed E-state index contributed by atoms with van der Waals surface area (Å²) in [4.78, 5) is 16.4. The second-order valence-electron chi connectivity index (χ2n) is 5.73. The molecule has 5 nitrogen and oxygen atoms in total. The van der Waals surface area contributed by atoms with Crippen molar-refractivity contribution in [1.29, 1.82) is 0 Å². The number of carbonyl (C=O) groups is 1. The van der Waals surface area contributed by atoms with Crippen LogP contribution < -0.4 is 10.1 Å². The molecule has 3 rings (SSSR count). The van der Waals surface area contributed by atoms with Crippen molar-refractivity contribution in [1.82, 2.24) is 10.3 Å². The Morgan fingerprint density at radius 2 is 1.89 bits per heavy atom. The lowest BCUT2D eigenvalue weighted by Gasteiger charge is -2.07. The summed E-state index contributed by atoms with van der Waals surface area (Å²) >= 11 is 7.31. The van der Waals surface area contributed by atoms with E-state index in [1.165, 1.54) is 11.3 Å². The molecule has 0 aliphatic rings. The van der Waals surface area contributed by atoms with Gasteiger partial charge in [0.25, 0.3) is 5.91 Å². The van der Waals surface area contributed by atoms with Gasteiger partial charge in [-0.15, -0.1) is 11.3 Å². The summed E-state index contributed by atoms with van der Waals surface area (Å²) in [5.41, 5.74) is 2.40. The third kappa shape index (κ3) is 5.53. The number of methoxy groups -OCH3 is 1. The van der Waals surface area contributed by atoms with E-state index in [1.807, 2.05) is 48.5 Å². The molecule has 0 radical (unpaired) electrons. The molecule has 0 fully saturated rings. The number of hydrogen-bond acceptors (Lipinski definition) is 5. The molecule has 1 aromatic heterocycles. The highest BCUT2D eigenvalue weighted by atomic mass is 35.5. The van der Waals surface area contributed by atoms with Crippen molar-refractivity contribution in [2.75, 3.05) is 20.3 Å². The summed E-state index contributed by atoms with van der Waals surface area (Å²) < 4.78 is 10.7. The minimum absolute atomic E-state index is 0.197. The van der Waals surface area contributed by atoms with Crippen molar-refractivity contribution < 1.29 is 14.3 Å². The highest BCUT2D eigenvalue weighted by Gasteiger charge is 2.11. The van der Waals surface area contributed by atoms with Crippen LogP contribution in [0.15, 0.2) is 53.9 Å². The first kappa shape index (κ1) is 19.4. The summed E-state index contributed by atoms with van der Waals surface area (Å²) in [5.74, 6) is 0.570. The second-order valence-corrected chi connectivity index (χ2v) is 7.02. The van der Waals surface area contributed by atoms with Crippen molar-refractivity contribution >= 4 is 28.8 Å². The number of thiazole rings is 1. The Morgan fingerprint density at radius 3 is 2.59 bits per heavy atom. The first-order valence-electron chi connectivity index (χ1n) is 8.36. The van der Waals surface area contributed by atoms with Gasteiger partial charge < -0.3 is 14.8 Å². The van der Waals surface area contributed by atoms with Crippen LogP contribution in [0.2, 0.25) is 5.02 Å². The van der Waals surface area contributed by atoms with Gasteiger partial charge in [-0.2, -0.15) is 0 Å². The fourth-order valence-electron chi connectivity index (χ4n) is 2.31. The van der Waals surface area contributed by atoms with E-state index in [1.54, 1.807) is 12.5 Å². The monoisotopic (exact) mass is 402 g/mol. The molecule has 27 heavy (non-hydrogen) atoms. The van der Waals surface area contributed by atoms with Crippen LogP contribution in [0, 0.1) is 0 Å². The standard InChI is InChI=1S/C20H19ClN2O3S/c1-25-11-10-22-19(24)18-13-27-20(23-18)15-4-8-17(9-5-15)26-12-14-2-6-16(21)7-3-14/h2-9,13H,10-12H2,1H3,(H,22,24). The fraction of sp³-hybridized carbons (Fsp3) is 0.200. The third-order valence-electron chi connectivity index (χ3n) is 3.75. The van der Waals surface area contributed by atoms with E-state index in [-0.39, 0.29) is 5.91 Å². The van der Waals surface area contributed by atoms with E-state index in [0.717, 1.165) is 21.9 Å². The molecule has 0 atom stereocenters. The molecule has 7 heteroatoms. The van der Waals surface area contributed by atoms with E-state index in [2.05, 4.69) is 10.3 Å². The fourth-order valence-corrected chi connectivity index (χ4v) is 3.24. The maximum absolute atomic E-state index is 12.0. The Hall–Kier alpha value is -2.41. The highest BCUT2D eigenvalue weighted by Crippen LogP contribution is 2.26. The summed E-state index contributed by atoms with van der Waals surface area (Å²) in [7, 11) is 1.59. The Balaban J connectivity index is 1.58. The van der Waals surface area contributed by atoms with E-state index in [0.29, 0.717) is 30.5 Å². The average molecular weight is 403 g/mol. The predicted octanol–water partition coefficient (Wildman–Crippen LogP) is 4.42. The van der Waals surface area contributed by atoms with Crippen LogP contribution in [0.1, 0.15) is 16.1 Å². The van der Waals surface area contributed by atoms with Crippen LogP contribution in [-0.2, 0) is 11.3 Å². The van der Waals surface area contributed by atoms with Gasteiger partial charge in [0.2, 0.25) is 0 Å². The van der Waals surface area contributed by atoms with Gasteiger partial charge in [-0.25, -0.2) is 4.98 Å². The number of nitrogens with one attached hydrogen (secondary N) is 1. The van der Waals surface area contributed by atoms with Gasteiger partial charge in [-0.3, -0.25) is 4.79 Å². The first-order valence-corrected chi connectivity index (χ1v) is 9.62. The molecule has 1 amide bonds. The summed E-state index contributed by atoms with van der Waals surface area (Å²) in [5, 5.41) is 6.01. The van der Waals surface area contributed by atoms with E-state index in [4.69, 9.17) is 21.1 Å². The van der Waals surface area contributed by atoms with E-state index < -0.39 is 0 Å². The molecule has 0 spiro atoms. The maximum atomic E-state index is 12.0. The van der Waals surface area contributed by atoms with Crippen LogP contribution >= 0.6 is 22.9 Å². The number of rotatable bonds is 8. The third-order valence-corrected chi connectivity index (χ3v) is 4.89. The van der Waals surface area contributed by atoms with Crippen molar-refractivity contribution in [3.8, 4) is 16.3 Å². The molecule has 0 aliphatic carbocycles. The average Bonchev–Trinajstić information content (AvgIpc) is 3.18. The van der Waals surface area contributed by atoms with Gasteiger partial charge in [0, 0.05) is 29.6 Å². The Bertz CT molecular complexity index is 879. The number of carbonyl (C=O) groups excluding carboxylic acids is 1. The number of nitrogens with zero attached hydrogens (tertiary/aromatic N) is 1. The Kier molecular flexibility index (Phi) is 6.81. The molecule has 1 N–H and O–H groups in total. The maximum Gasteiger partial charge on any atom is 0.270 e. The molecular weight excluding hydrogens is 384 g/mol. The first-order chi connectivity index (χ1) is 13.2. The van der Waals surface area contributed by atoms with Gasteiger partial charge in [0.15, 0.2) is 0 Å². The number of halogens is 1. The molecule has 140 valence electrons. The number of hydrogen-bond donors (Lipinski definition) is 1. The molecular formula is C20H19ClN2O3S. The molecule has 2 aromatic carbocycles. The van der Waals surface area contributed by atoms with Gasteiger partial charge in [0.1, 0.15) is 23.1 Å². The largest absolute Gasteiger partial charge is 0.489 e.